The van der Waals surface area contributed by atoms with E-state index in [0.29, 0.717) is 17.7 Å². The topological polar surface area (TPSA) is 105 Å². The van der Waals surface area contributed by atoms with Crippen molar-refractivity contribution in [1.82, 2.24) is 5.32 Å². The van der Waals surface area contributed by atoms with Gasteiger partial charge in [0, 0.05) is 11.3 Å². The van der Waals surface area contributed by atoms with Gasteiger partial charge in [-0.2, -0.15) is 4.99 Å². The van der Waals surface area contributed by atoms with E-state index in [1.165, 1.54) is 6.92 Å². The van der Waals surface area contributed by atoms with E-state index < -0.39 is 11.3 Å². The van der Waals surface area contributed by atoms with E-state index in [-0.39, 0.29) is 34.4 Å². The van der Waals surface area contributed by atoms with Crippen molar-refractivity contribution in [2.45, 2.75) is 47.0 Å². The number of rotatable bonds is 8. The summed E-state index contributed by atoms with van der Waals surface area (Å²) in [5.74, 6) is -1.25. The number of carbonyl (C=O) groups excluding carboxylic acids is 4. The smallest absolute Gasteiger partial charge is 0.264 e. The number of amidine groups is 1. The number of carbonyl (C=O) groups is 4. The van der Waals surface area contributed by atoms with Crippen molar-refractivity contribution in [3.63, 3.8) is 0 Å². The van der Waals surface area contributed by atoms with Gasteiger partial charge < -0.3 is 10.6 Å². The molecule has 2 atom stereocenters. The molecule has 3 amide bonds. The maximum absolute atomic E-state index is 12.8. The van der Waals surface area contributed by atoms with Crippen LogP contribution >= 0.6 is 11.8 Å². The number of nitrogens with one attached hydrogen (secondary N) is 2. The third kappa shape index (κ3) is 5.12. The predicted molar refractivity (Wildman–Crippen MR) is 115 cm³/mol. The second-order valence-corrected chi connectivity index (χ2v) is 8.13. The van der Waals surface area contributed by atoms with E-state index in [9.17, 15) is 19.2 Å². The monoisotopic (exact) mass is 417 g/mol. The number of thioether (sulfide) groups is 1. The van der Waals surface area contributed by atoms with Gasteiger partial charge in [-0.3, -0.25) is 19.2 Å². The number of hydrogen-bond donors (Lipinski definition) is 2. The number of anilines is 1. The van der Waals surface area contributed by atoms with Crippen molar-refractivity contribution in [2.24, 2.45) is 16.3 Å². The highest BCUT2D eigenvalue weighted by Gasteiger charge is 2.51. The average molecular weight is 418 g/mol. The summed E-state index contributed by atoms with van der Waals surface area (Å²) in [7, 11) is 0. The second kappa shape index (κ2) is 9.82. The van der Waals surface area contributed by atoms with Gasteiger partial charge in [0.1, 0.15) is 5.41 Å². The molecule has 2 N–H and O–H groups in total. The molecule has 156 valence electrons. The summed E-state index contributed by atoms with van der Waals surface area (Å²) in [6.45, 7) is 7.22. The highest BCUT2D eigenvalue weighted by molar-refractivity contribution is 8.14. The number of nitrogens with zero attached hydrogens (tertiary/aromatic N) is 1. The molecule has 7 nitrogen and oxygen atoms in total. The summed E-state index contributed by atoms with van der Waals surface area (Å²) in [5.41, 5.74) is -0.0163. The molecule has 0 saturated carbocycles. The zero-order valence-corrected chi connectivity index (χ0v) is 18.0. The van der Waals surface area contributed by atoms with Crippen LogP contribution in [-0.4, -0.2) is 34.4 Å². The first-order valence-electron chi connectivity index (χ1n) is 9.72. The lowest BCUT2D eigenvalue weighted by atomic mass is 9.70. The van der Waals surface area contributed by atoms with Crippen LogP contribution in [0.15, 0.2) is 29.3 Å². The molecule has 0 saturated heterocycles. The molecule has 1 heterocycles. The average Bonchev–Trinajstić information content (AvgIpc) is 2.67. The summed E-state index contributed by atoms with van der Waals surface area (Å²) in [4.78, 5) is 53.0. The highest BCUT2D eigenvalue weighted by Crippen LogP contribution is 2.38. The van der Waals surface area contributed by atoms with Crippen LogP contribution < -0.4 is 10.6 Å². The minimum atomic E-state index is -1.14. The van der Waals surface area contributed by atoms with Crippen molar-refractivity contribution in [1.29, 1.82) is 0 Å². The van der Waals surface area contributed by atoms with Gasteiger partial charge in [-0.15, -0.1) is 0 Å². The minimum absolute atomic E-state index is 0.00943. The molecule has 0 aliphatic carbocycles. The van der Waals surface area contributed by atoms with Crippen molar-refractivity contribution >= 4 is 46.1 Å². The van der Waals surface area contributed by atoms with Crippen molar-refractivity contribution in [3.8, 4) is 0 Å². The fourth-order valence-corrected chi connectivity index (χ4v) is 4.14. The zero-order chi connectivity index (χ0) is 21.6. The van der Waals surface area contributed by atoms with E-state index in [4.69, 9.17) is 0 Å². The molecule has 0 bridgehead atoms. The number of ketones is 1. The lowest BCUT2D eigenvalue weighted by molar-refractivity contribution is -0.145. The summed E-state index contributed by atoms with van der Waals surface area (Å²) in [6.07, 6.45) is 2.02. The number of benzene rings is 1. The Morgan fingerprint density at radius 1 is 1.21 bits per heavy atom. The Labute approximate surface area is 175 Å². The van der Waals surface area contributed by atoms with Crippen LogP contribution in [0.3, 0.4) is 0 Å². The van der Waals surface area contributed by atoms with E-state index in [1.807, 2.05) is 20.8 Å². The molecule has 2 unspecified atom stereocenters. The van der Waals surface area contributed by atoms with Crippen LogP contribution in [0.4, 0.5) is 5.69 Å². The van der Waals surface area contributed by atoms with E-state index in [2.05, 4.69) is 15.6 Å². The van der Waals surface area contributed by atoms with Gasteiger partial charge in [0.15, 0.2) is 11.0 Å². The van der Waals surface area contributed by atoms with Gasteiger partial charge in [0.25, 0.3) is 5.91 Å². The Morgan fingerprint density at radius 3 is 2.38 bits per heavy atom. The first-order chi connectivity index (χ1) is 13.7. The number of amides is 3. The van der Waals surface area contributed by atoms with E-state index in [1.54, 1.807) is 24.3 Å². The van der Waals surface area contributed by atoms with Crippen LogP contribution in [-0.2, 0) is 14.4 Å². The SMILES string of the molecule is CCCC(C)C1(CC)C(=O)N=C(SCC(=O)Nc2ccc(C(C)=O)cc2)NC1=O. The summed E-state index contributed by atoms with van der Waals surface area (Å²) in [6, 6.07) is 6.56. The van der Waals surface area contributed by atoms with Crippen LogP contribution in [0.5, 0.6) is 0 Å². The molecule has 0 aromatic heterocycles. The van der Waals surface area contributed by atoms with Gasteiger partial charge in [-0.05, 0) is 49.9 Å². The van der Waals surface area contributed by atoms with Crippen LogP contribution in [0.25, 0.3) is 0 Å². The minimum Gasteiger partial charge on any atom is -0.325 e. The molecule has 29 heavy (non-hydrogen) atoms. The second-order valence-electron chi connectivity index (χ2n) is 7.16. The van der Waals surface area contributed by atoms with Gasteiger partial charge in [-0.25, -0.2) is 0 Å². The molecule has 8 heteroatoms. The van der Waals surface area contributed by atoms with Crippen LogP contribution in [0, 0.1) is 11.3 Å². The molecular weight excluding hydrogens is 390 g/mol. The van der Waals surface area contributed by atoms with Gasteiger partial charge in [0.2, 0.25) is 11.8 Å². The molecule has 0 fully saturated rings. The molecule has 2 rings (SSSR count). The molecular formula is C21H27N3O4S. The predicted octanol–water partition coefficient (Wildman–Crippen LogP) is 3.41. The number of hydrogen-bond acceptors (Lipinski definition) is 5. The summed E-state index contributed by atoms with van der Waals surface area (Å²) >= 11 is 1.01. The van der Waals surface area contributed by atoms with Crippen molar-refractivity contribution < 1.29 is 19.2 Å². The first-order valence-corrected chi connectivity index (χ1v) is 10.7. The van der Waals surface area contributed by atoms with Crippen LogP contribution in [0.2, 0.25) is 0 Å². The molecule has 1 aromatic rings. The highest BCUT2D eigenvalue weighted by atomic mass is 32.2. The Balaban J connectivity index is 1.99. The van der Waals surface area contributed by atoms with Gasteiger partial charge >= 0.3 is 0 Å². The van der Waals surface area contributed by atoms with Crippen molar-refractivity contribution in [3.05, 3.63) is 29.8 Å². The quantitative estimate of drug-likeness (QED) is 0.498. The first kappa shape index (κ1) is 22.8. The summed E-state index contributed by atoms with van der Waals surface area (Å²) in [5, 5.41) is 5.56. The molecule has 1 aromatic carbocycles. The summed E-state index contributed by atoms with van der Waals surface area (Å²) < 4.78 is 0. The molecule has 1 aliphatic rings. The van der Waals surface area contributed by atoms with E-state index in [0.717, 1.165) is 24.6 Å². The third-order valence-electron chi connectivity index (χ3n) is 5.25. The maximum Gasteiger partial charge on any atom is 0.264 e. The lowest BCUT2D eigenvalue weighted by Gasteiger charge is -2.36. The standard InChI is InChI=1S/C21H27N3O4S/c1-5-7-13(3)21(6-2)18(27)23-20(24-19(21)28)29-12-17(26)22-16-10-8-15(9-11-16)14(4)25/h8-11,13H,5-7,12H2,1-4H3,(H,22,26)(H,23,24,27,28). The van der Waals surface area contributed by atoms with Gasteiger partial charge in [-0.1, -0.05) is 39.0 Å². The Kier molecular flexibility index (Phi) is 7.73. The Morgan fingerprint density at radius 2 is 1.86 bits per heavy atom. The normalized spacial score (nSPS) is 19.9. The maximum atomic E-state index is 12.8. The van der Waals surface area contributed by atoms with E-state index >= 15 is 0 Å². The Bertz CT molecular complexity index is 835. The molecule has 0 radical (unpaired) electrons. The fourth-order valence-electron chi connectivity index (χ4n) is 3.49. The van der Waals surface area contributed by atoms with Crippen molar-refractivity contribution in [2.75, 3.05) is 11.1 Å². The Hall–Kier alpha value is -2.48. The molecule has 0 spiro atoms. The largest absolute Gasteiger partial charge is 0.325 e. The number of aliphatic imine (C=N–C) groups is 1. The zero-order valence-electron chi connectivity index (χ0n) is 17.2. The lowest BCUT2D eigenvalue weighted by Crippen LogP contribution is -2.54. The number of Topliss-reactive ketones (excluding diaryl/α,β-unsaturated/α-hetero) is 1. The molecule has 1 aliphatic heterocycles. The fraction of sp³-hybridized carbons (Fsp3) is 0.476. The van der Waals surface area contributed by atoms with Crippen LogP contribution in [0.1, 0.15) is 57.3 Å². The van der Waals surface area contributed by atoms with Gasteiger partial charge in [0.05, 0.1) is 5.75 Å². The third-order valence-corrected chi connectivity index (χ3v) is 6.12.